The predicted octanol–water partition coefficient (Wildman–Crippen LogP) is 2.93. The van der Waals surface area contributed by atoms with E-state index in [0.717, 1.165) is 0 Å². The quantitative estimate of drug-likeness (QED) is 0.521. The summed E-state index contributed by atoms with van der Waals surface area (Å²) in [5, 5.41) is 0. The molecular formula is C4H9Cl3LiMg. The molecule has 0 aromatic heterocycles. The molecule has 9 heavy (non-hydrogen) atoms. The molecule has 0 fully saturated rings. The molecule has 5 heteroatoms. The molecule has 1 radical (unpaired) electrons. The standard InChI is InChI=1S/C4H9.3ClH.Li.Mg/c1-4(2)3;;;;;/h1-3H3;3*1H;;/q;;;;+1;+2/p-3. The minimum atomic E-state index is -0.639. The van der Waals surface area contributed by atoms with E-state index >= 15 is 0 Å². The van der Waals surface area contributed by atoms with Crippen LogP contribution in [0.4, 0.5) is 0 Å². The van der Waals surface area contributed by atoms with E-state index in [1.165, 1.54) is 22.7 Å². The van der Waals surface area contributed by atoms with Gasteiger partial charge in [-0.3, -0.25) is 0 Å². The Kier molecular flexibility index (Phi) is 43.3. The molecule has 0 amide bonds. The second kappa shape index (κ2) is 22.5. The monoisotopic (exact) mass is 193 g/mol. The average molecular weight is 195 g/mol. The van der Waals surface area contributed by atoms with Crippen molar-refractivity contribution in [2.45, 2.75) is 20.8 Å². The first-order chi connectivity index (χ1) is 4.15. The van der Waals surface area contributed by atoms with Crippen LogP contribution in [0.3, 0.4) is 0 Å². The van der Waals surface area contributed by atoms with E-state index in [4.69, 9.17) is 18.1 Å². The first kappa shape index (κ1) is 17.4. The average Bonchev–Trinajstić information content (AvgIpc) is 1.71. The Morgan fingerprint density at radius 2 is 1.11 bits per heavy atom. The predicted molar refractivity (Wildman–Crippen MR) is 49.3 cm³/mol. The maximum atomic E-state index is 4.90. The third kappa shape index (κ3) is 139. The van der Waals surface area contributed by atoms with Gasteiger partial charge in [-0.2, -0.15) is 0 Å². The van der Waals surface area contributed by atoms with Gasteiger partial charge >= 0.3 is 44.7 Å². The van der Waals surface area contributed by atoms with Gasteiger partial charge in [-0.05, 0) is 5.92 Å². The van der Waals surface area contributed by atoms with Crippen LogP contribution in [0.2, 0.25) is 0 Å². The van der Waals surface area contributed by atoms with Crippen molar-refractivity contribution in [2.24, 2.45) is 0 Å². The van der Waals surface area contributed by atoms with Crippen molar-refractivity contribution in [1.29, 1.82) is 0 Å². The van der Waals surface area contributed by atoms with Crippen LogP contribution in [0.25, 0.3) is 0 Å². The molecule has 0 aliphatic heterocycles. The zero-order valence-electron chi connectivity index (χ0n) is 6.34. The normalized spacial score (nSPS) is 5.89. The van der Waals surface area contributed by atoms with Crippen molar-refractivity contribution in [3.05, 3.63) is 5.92 Å². The molecule has 0 aromatic rings. The van der Waals surface area contributed by atoms with Gasteiger partial charge in [0.1, 0.15) is 0 Å². The Bertz CT molecular complexity index is 27.0. The second-order valence-electron chi connectivity index (χ2n) is 1.60. The summed E-state index contributed by atoms with van der Waals surface area (Å²) < 4.78 is 0. The zero-order valence-corrected chi connectivity index (χ0v) is 10.0. The third-order valence-electron chi connectivity index (χ3n) is 0. The fourth-order valence-electron chi connectivity index (χ4n) is 0. The van der Waals surface area contributed by atoms with E-state index in [2.05, 4.69) is 30.6 Å². The molecule has 0 rings (SSSR count). The Balaban J connectivity index is -0.0000000646. The van der Waals surface area contributed by atoms with Gasteiger partial charge in [-0.25, -0.2) is 0 Å². The molecule has 0 heterocycles. The summed E-state index contributed by atoms with van der Waals surface area (Å²) in [6.07, 6.45) is 0. The Hall–Kier alpha value is 2.23. The van der Waals surface area contributed by atoms with Gasteiger partial charge < -0.3 is 18.1 Å². The van der Waals surface area contributed by atoms with Gasteiger partial charge in [0.15, 0.2) is 0 Å². The van der Waals surface area contributed by atoms with E-state index in [9.17, 15) is 0 Å². The summed E-state index contributed by atoms with van der Waals surface area (Å²) in [6, 6.07) is 0. The van der Waals surface area contributed by atoms with Crippen LogP contribution in [0.15, 0.2) is 0 Å². The summed E-state index contributed by atoms with van der Waals surface area (Å²) in [4.78, 5) is 0. The van der Waals surface area contributed by atoms with Crippen molar-refractivity contribution in [3.8, 4) is 0 Å². The molecule has 49 valence electrons. The Labute approximate surface area is 88.6 Å². The van der Waals surface area contributed by atoms with Gasteiger partial charge in [0.2, 0.25) is 0 Å². The van der Waals surface area contributed by atoms with Crippen molar-refractivity contribution in [3.63, 3.8) is 0 Å². The minimum absolute atomic E-state index is 0.639. The SMILES string of the molecule is C[C](C)C.[Cl][Mg][Cl].[Li][Cl]. The molecule has 0 saturated heterocycles. The summed E-state index contributed by atoms with van der Waals surface area (Å²) in [5.74, 6) is 1.42. The fraction of sp³-hybridized carbons (Fsp3) is 0.750. The molecular weight excluding hydrogens is 186 g/mol. The summed E-state index contributed by atoms with van der Waals surface area (Å²) in [5.41, 5.74) is 0. The van der Waals surface area contributed by atoms with Crippen LogP contribution >= 0.6 is 27.9 Å². The summed E-state index contributed by atoms with van der Waals surface area (Å²) in [6.45, 7) is 6.25. The number of halogens is 3. The molecule has 0 saturated carbocycles. The van der Waals surface area contributed by atoms with Gasteiger partial charge in [0.25, 0.3) is 0 Å². The number of hydrogen-bond acceptors (Lipinski definition) is 0. The summed E-state index contributed by atoms with van der Waals surface area (Å²) >= 11 is 0.833. The fourth-order valence-corrected chi connectivity index (χ4v) is 0. The van der Waals surface area contributed by atoms with E-state index in [-0.39, 0.29) is 0 Å². The molecule has 0 aliphatic rings. The second-order valence-corrected chi connectivity index (χ2v) is 4.23. The maximum absolute atomic E-state index is 4.90. The molecule has 0 spiro atoms. The van der Waals surface area contributed by atoms with E-state index in [1.54, 1.807) is 0 Å². The first-order valence-corrected chi connectivity index (χ1v) is 7.44. The van der Waals surface area contributed by atoms with E-state index < -0.39 is 18.2 Å². The van der Waals surface area contributed by atoms with Crippen molar-refractivity contribution in [1.82, 2.24) is 0 Å². The summed E-state index contributed by atoms with van der Waals surface area (Å²) in [7, 11) is 14.4. The van der Waals surface area contributed by atoms with Crippen molar-refractivity contribution < 1.29 is 0 Å². The Morgan fingerprint density at radius 1 is 1.11 bits per heavy atom. The number of hydrogen-bond donors (Lipinski definition) is 0. The van der Waals surface area contributed by atoms with Crippen LogP contribution in [-0.4, -0.2) is 34.9 Å². The van der Waals surface area contributed by atoms with Crippen molar-refractivity contribution >= 4 is 62.8 Å². The first-order valence-electron chi connectivity index (χ1n) is 2.41. The van der Waals surface area contributed by atoms with Gasteiger partial charge in [0.05, 0.1) is 0 Å². The van der Waals surface area contributed by atoms with Crippen LogP contribution < -0.4 is 0 Å². The molecule has 0 N–H and O–H groups in total. The van der Waals surface area contributed by atoms with Crippen LogP contribution in [0.1, 0.15) is 20.8 Å². The Morgan fingerprint density at radius 3 is 1.11 bits per heavy atom. The van der Waals surface area contributed by atoms with Crippen LogP contribution in [0, 0.1) is 5.92 Å². The molecule has 0 aliphatic carbocycles. The molecule has 0 atom stereocenters. The van der Waals surface area contributed by atoms with Gasteiger partial charge in [-0.15, -0.1) is 0 Å². The number of rotatable bonds is 0. The van der Waals surface area contributed by atoms with E-state index in [1.807, 2.05) is 0 Å². The van der Waals surface area contributed by atoms with Gasteiger partial charge in [-0.1, -0.05) is 20.8 Å². The van der Waals surface area contributed by atoms with Crippen LogP contribution in [0.5, 0.6) is 0 Å². The third-order valence-corrected chi connectivity index (χ3v) is 0. The van der Waals surface area contributed by atoms with E-state index in [0.29, 0.717) is 0 Å². The zero-order chi connectivity index (χ0) is 8.28. The van der Waals surface area contributed by atoms with Crippen molar-refractivity contribution in [2.75, 3.05) is 0 Å². The molecule has 0 unspecified atom stereocenters. The molecule has 0 bridgehead atoms. The molecule has 0 nitrogen and oxygen atoms in total. The molecule has 0 aromatic carbocycles. The van der Waals surface area contributed by atoms with Crippen LogP contribution in [-0.2, 0) is 0 Å². The topological polar surface area (TPSA) is 0 Å². The van der Waals surface area contributed by atoms with Gasteiger partial charge in [0, 0.05) is 0 Å².